The minimum Gasteiger partial charge on any atom is -0.337 e. The molecule has 1 fully saturated rings. The van der Waals surface area contributed by atoms with Gasteiger partial charge in [0.15, 0.2) is 0 Å². The highest BCUT2D eigenvalue weighted by molar-refractivity contribution is 5.81. The molecule has 2 unspecified atom stereocenters. The van der Waals surface area contributed by atoms with Crippen molar-refractivity contribution < 1.29 is 4.79 Å². The Morgan fingerprint density at radius 3 is 2.54 bits per heavy atom. The second-order valence-corrected chi connectivity index (χ2v) is 6.71. The van der Waals surface area contributed by atoms with E-state index in [1.54, 1.807) is 9.13 Å². The van der Waals surface area contributed by atoms with Crippen LogP contribution in [0.15, 0.2) is 29.1 Å². The molecule has 2 heterocycles. The Hall–Kier alpha value is -2.08. The normalized spacial score (nSPS) is 21.4. The molecule has 1 aliphatic rings. The molecule has 6 nitrogen and oxygen atoms in total. The van der Waals surface area contributed by atoms with Crippen LogP contribution in [0, 0.1) is 5.92 Å². The van der Waals surface area contributed by atoms with Crippen molar-refractivity contribution >= 4 is 16.9 Å². The summed E-state index contributed by atoms with van der Waals surface area (Å²) in [7, 11) is 0. The molecule has 3 rings (SSSR count). The highest BCUT2D eigenvalue weighted by Gasteiger charge is 2.29. The number of para-hydroxylation sites is 2. The fourth-order valence-electron chi connectivity index (χ4n) is 3.76. The number of rotatable bonds is 4. The SMILES string of the molecule is CCn1c(=O)n(CC(=O)N2CCC(C)CC2CN)c2ccccc21. The monoisotopic (exact) mass is 330 g/mol. The number of hydrogen-bond acceptors (Lipinski definition) is 3. The van der Waals surface area contributed by atoms with Gasteiger partial charge in [-0.05, 0) is 37.8 Å². The molecule has 0 bridgehead atoms. The van der Waals surface area contributed by atoms with E-state index in [9.17, 15) is 9.59 Å². The Labute approximate surface area is 141 Å². The van der Waals surface area contributed by atoms with E-state index in [-0.39, 0.29) is 24.2 Å². The second kappa shape index (κ2) is 6.81. The van der Waals surface area contributed by atoms with Gasteiger partial charge in [-0.2, -0.15) is 0 Å². The summed E-state index contributed by atoms with van der Waals surface area (Å²) >= 11 is 0. The number of imidazole rings is 1. The second-order valence-electron chi connectivity index (χ2n) is 6.71. The first-order valence-electron chi connectivity index (χ1n) is 8.74. The number of aryl methyl sites for hydroxylation is 1. The zero-order chi connectivity index (χ0) is 17.3. The first-order valence-corrected chi connectivity index (χ1v) is 8.74. The van der Waals surface area contributed by atoms with Gasteiger partial charge in [0.2, 0.25) is 5.91 Å². The lowest BCUT2D eigenvalue weighted by Crippen LogP contribution is -2.50. The van der Waals surface area contributed by atoms with E-state index in [0.717, 1.165) is 30.4 Å². The minimum atomic E-state index is -0.123. The number of nitrogens with zero attached hydrogens (tertiary/aromatic N) is 3. The molecule has 1 aromatic heterocycles. The summed E-state index contributed by atoms with van der Waals surface area (Å²) in [4.78, 5) is 27.4. The van der Waals surface area contributed by atoms with Gasteiger partial charge in [-0.15, -0.1) is 0 Å². The topological polar surface area (TPSA) is 73.3 Å². The maximum atomic E-state index is 12.8. The lowest BCUT2D eigenvalue weighted by Gasteiger charge is -2.38. The van der Waals surface area contributed by atoms with Gasteiger partial charge in [-0.3, -0.25) is 13.9 Å². The molecule has 2 atom stereocenters. The van der Waals surface area contributed by atoms with Crippen LogP contribution >= 0.6 is 0 Å². The molecule has 0 saturated carbocycles. The minimum absolute atomic E-state index is 0.0153. The zero-order valence-electron chi connectivity index (χ0n) is 14.4. The predicted molar refractivity (Wildman–Crippen MR) is 94.8 cm³/mol. The van der Waals surface area contributed by atoms with Crippen LogP contribution in [-0.2, 0) is 17.9 Å². The van der Waals surface area contributed by atoms with E-state index >= 15 is 0 Å². The average Bonchev–Trinajstić information content (AvgIpc) is 2.86. The van der Waals surface area contributed by atoms with Crippen molar-refractivity contribution in [2.45, 2.75) is 45.8 Å². The summed E-state index contributed by atoms with van der Waals surface area (Å²) in [5.41, 5.74) is 7.43. The Balaban J connectivity index is 1.91. The summed E-state index contributed by atoms with van der Waals surface area (Å²) < 4.78 is 3.30. The molecule has 2 N–H and O–H groups in total. The maximum Gasteiger partial charge on any atom is 0.329 e. The van der Waals surface area contributed by atoms with E-state index < -0.39 is 0 Å². The largest absolute Gasteiger partial charge is 0.337 e. The van der Waals surface area contributed by atoms with E-state index in [0.29, 0.717) is 19.0 Å². The molecule has 0 radical (unpaired) electrons. The number of hydrogen-bond donors (Lipinski definition) is 1. The van der Waals surface area contributed by atoms with Gasteiger partial charge >= 0.3 is 5.69 Å². The van der Waals surface area contributed by atoms with Crippen molar-refractivity contribution in [3.8, 4) is 0 Å². The van der Waals surface area contributed by atoms with Gasteiger partial charge < -0.3 is 10.6 Å². The van der Waals surface area contributed by atoms with Crippen molar-refractivity contribution in [1.82, 2.24) is 14.0 Å². The average molecular weight is 330 g/mol. The molecule has 1 aliphatic heterocycles. The number of carbonyl (C=O) groups excluding carboxylic acids is 1. The van der Waals surface area contributed by atoms with Crippen molar-refractivity contribution in [2.75, 3.05) is 13.1 Å². The molecule has 130 valence electrons. The van der Waals surface area contributed by atoms with Crippen LogP contribution in [0.4, 0.5) is 0 Å². The molecular weight excluding hydrogens is 304 g/mol. The lowest BCUT2D eigenvalue weighted by molar-refractivity contribution is -0.135. The van der Waals surface area contributed by atoms with E-state index in [4.69, 9.17) is 5.73 Å². The molecule has 1 saturated heterocycles. The number of likely N-dealkylation sites (tertiary alicyclic amines) is 1. The first-order chi connectivity index (χ1) is 11.6. The van der Waals surface area contributed by atoms with E-state index in [2.05, 4.69) is 6.92 Å². The van der Waals surface area contributed by atoms with Gasteiger partial charge in [-0.25, -0.2) is 4.79 Å². The van der Waals surface area contributed by atoms with Crippen molar-refractivity contribution in [1.29, 1.82) is 0 Å². The third-order valence-electron chi connectivity index (χ3n) is 5.11. The van der Waals surface area contributed by atoms with Gasteiger partial charge in [-0.1, -0.05) is 19.1 Å². The standard InChI is InChI=1S/C18H26N4O2/c1-3-20-15-6-4-5-7-16(15)22(18(20)24)12-17(23)21-9-8-13(2)10-14(21)11-19/h4-7,13-14H,3,8-12,19H2,1-2H3. The number of piperidine rings is 1. The first kappa shape index (κ1) is 16.8. The maximum absolute atomic E-state index is 12.8. The van der Waals surface area contributed by atoms with E-state index in [1.807, 2.05) is 36.1 Å². The fourth-order valence-corrected chi connectivity index (χ4v) is 3.76. The molecule has 2 aromatic rings. The van der Waals surface area contributed by atoms with Crippen LogP contribution < -0.4 is 11.4 Å². The summed E-state index contributed by atoms with van der Waals surface area (Å²) in [6, 6.07) is 7.71. The van der Waals surface area contributed by atoms with Crippen LogP contribution in [0.5, 0.6) is 0 Å². The Morgan fingerprint density at radius 2 is 1.92 bits per heavy atom. The van der Waals surface area contributed by atoms with Gasteiger partial charge in [0.1, 0.15) is 6.54 Å². The Kier molecular flexibility index (Phi) is 4.76. The molecule has 0 spiro atoms. The van der Waals surface area contributed by atoms with Crippen LogP contribution in [0.25, 0.3) is 11.0 Å². The number of aromatic nitrogens is 2. The highest BCUT2D eigenvalue weighted by atomic mass is 16.2. The van der Waals surface area contributed by atoms with Crippen molar-refractivity contribution in [2.24, 2.45) is 11.7 Å². The highest BCUT2D eigenvalue weighted by Crippen LogP contribution is 2.22. The van der Waals surface area contributed by atoms with E-state index in [1.165, 1.54) is 0 Å². The molecule has 1 amide bonds. The van der Waals surface area contributed by atoms with Crippen LogP contribution in [0.3, 0.4) is 0 Å². The summed E-state index contributed by atoms with van der Waals surface area (Å²) in [5, 5.41) is 0. The molecule has 0 aliphatic carbocycles. The lowest BCUT2D eigenvalue weighted by atomic mass is 9.92. The third kappa shape index (κ3) is 2.86. The van der Waals surface area contributed by atoms with Gasteiger partial charge in [0, 0.05) is 25.7 Å². The Morgan fingerprint density at radius 1 is 1.25 bits per heavy atom. The molecule has 6 heteroatoms. The van der Waals surface area contributed by atoms with Crippen molar-refractivity contribution in [3.05, 3.63) is 34.7 Å². The number of nitrogens with two attached hydrogens (primary N) is 1. The number of carbonyl (C=O) groups is 1. The summed E-state index contributed by atoms with van der Waals surface area (Å²) in [5.74, 6) is 0.575. The van der Waals surface area contributed by atoms with Gasteiger partial charge in [0.25, 0.3) is 0 Å². The zero-order valence-corrected chi connectivity index (χ0v) is 14.4. The molecular formula is C18H26N4O2. The van der Waals surface area contributed by atoms with Crippen molar-refractivity contribution in [3.63, 3.8) is 0 Å². The van der Waals surface area contributed by atoms with Crippen LogP contribution in [0.1, 0.15) is 26.7 Å². The third-order valence-corrected chi connectivity index (χ3v) is 5.11. The van der Waals surface area contributed by atoms with Crippen LogP contribution in [-0.4, -0.2) is 39.1 Å². The number of amides is 1. The predicted octanol–water partition coefficient (Wildman–Crippen LogP) is 1.41. The molecule has 24 heavy (non-hydrogen) atoms. The van der Waals surface area contributed by atoms with Crippen LogP contribution in [0.2, 0.25) is 0 Å². The summed E-state index contributed by atoms with van der Waals surface area (Å²) in [6.45, 7) is 6.01. The smallest absolute Gasteiger partial charge is 0.329 e. The number of fused-ring (bicyclic) bond motifs is 1. The fraction of sp³-hybridized carbons (Fsp3) is 0.556. The molecule has 1 aromatic carbocycles. The summed E-state index contributed by atoms with van der Waals surface area (Å²) in [6.07, 6.45) is 1.93. The quantitative estimate of drug-likeness (QED) is 0.921. The van der Waals surface area contributed by atoms with Gasteiger partial charge in [0.05, 0.1) is 11.0 Å². The Bertz CT molecular complexity index is 792. The number of benzene rings is 1.